The first-order chi connectivity index (χ1) is 15.8. The normalized spacial score (nSPS) is 19.8. The fourth-order valence-electron chi connectivity index (χ4n) is 4.73. The summed E-state index contributed by atoms with van der Waals surface area (Å²) in [4.78, 5) is 0. The predicted molar refractivity (Wildman–Crippen MR) is 129 cm³/mol. The van der Waals surface area contributed by atoms with Crippen molar-refractivity contribution in [2.24, 2.45) is 0 Å². The number of allylic oxidation sites excluding steroid dienone is 1. The summed E-state index contributed by atoms with van der Waals surface area (Å²) in [5, 5.41) is 7.48. The molecule has 2 N–H and O–H groups in total. The van der Waals surface area contributed by atoms with Crippen LogP contribution in [0.4, 0.5) is 0 Å². The number of nitrogens with one attached hydrogen (secondary N) is 2. The third-order valence-corrected chi connectivity index (χ3v) is 6.39. The van der Waals surface area contributed by atoms with Crippen molar-refractivity contribution in [1.29, 1.82) is 0 Å². The van der Waals surface area contributed by atoms with E-state index in [1.165, 1.54) is 28.7 Å². The molecule has 4 nitrogen and oxygen atoms in total. The molecular formula is C28H30N2O2. The molecule has 1 aliphatic carbocycles. The lowest BCUT2D eigenvalue weighted by Crippen LogP contribution is -2.45. The number of benzene rings is 3. The predicted octanol–water partition coefficient (Wildman–Crippen LogP) is 5.25. The van der Waals surface area contributed by atoms with E-state index < -0.39 is 0 Å². The Morgan fingerprint density at radius 2 is 1.81 bits per heavy atom. The molecule has 0 bridgehead atoms. The average Bonchev–Trinajstić information content (AvgIpc) is 3.26. The van der Waals surface area contributed by atoms with Gasteiger partial charge in [-0.15, -0.1) is 0 Å². The quantitative estimate of drug-likeness (QED) is 0.541. The molecule has 3 aromatic rings. The van der Waals surface area contributed by atoms with Gasteiger partial charge >= 0.3 is 0 Å². The zero-order valence-corrected chi connectivity index (χ0v) is 18.5. The lowest BCUT2D eigenvalue weighted by molar-refractivity contribution is 0.304. The molecule has 1 fully saturated rings. The summed E-state index contributed by atoms with van der Waals surface area (Å²) < 4.78 is 11.9. The maximum Gasteiger partial charge on any atom is 0.169 e. The zero-order valence-electron chi connectivity index (χ0n) is 18.5. The highest BCUT2D eigenvalue weighted by Crippen LogP contribution is 2.33. The van der Waals surface area contributed by atoms with Crippen molar-refractivity contribution in [2.75, 3.05) is 13.7 Å². The standard InChI is InChI=1S/C28H30N2O2/c1-31-26-14-13-20(16-27(26)32-24-17-22-10-5-6-11-23(22)18-24)19-30-25-12-7-15-29-28(25)21-8-3-2-4-9-21/h2-6,8-11,13-14,16-17,25,28-30H,7,12,15,18-19H2,1H3. The van der Waals surface area contributed by atoms with Gasteiger partial charge in [0.15, 0.2) is 11.5 Å². The van der Waals surface area contributed by atoms with Gasteiger partial charge in [-0.3, -0.25) is 0 Å². The second-order valence-corrected chi connectivity index (χ2v) is 8.55. The van der Waals surface area contributed by atoms with Crippen LogP contribution in [-0.4, -0.2) is 19.7 Å². The van der Waals surface area contributed by atoms with Gasteiger partial charge in [-0.25, -0.2) is 0 Å². The largest absolute Gasteiger partial charge is 0.493 e. The molecule has 0 spiro atoms. The van der Waals surface area contributed by atoms with Gasteiger partial charge in [-0.2, -0.15) is 0 Å². The van der Waals surface area contributed by atoms with Gasteiger partial charge in [-0.1, -0.05) is 60.7 Å². The topological polar surface area (TPSA) is 42.5 Å². The molecule has 0 saturated carbocycles. The molecule has 32 heavy (non-hydrogen) atoms. The van der Waals surface area contributed by atoms with Crippen LogP contribution in [0.1, 0.15) is 41.1 Å². The molecule has 164 valence electrons. The van der Waals surface area contributed by atoms with Crippen molar-refractivity contribution in [3.05, 3.63) is 101 Å². The van der Waals surface area contributed by atoms with Crippen molar-refractivity contribution < 1.29 is 9.47 Å². The molecule has 1 aliphatic heterocycles. The number of methoxy groups -OCH3 is 1. The summed E-state index contributed by atoms with van der Waals surface area (Å²) in [5.74, 6) is 2.48. The van der Waals surface area contributed by atoms with Gasteiger partial charge in [0, 0.05) is 25.0 Å². The molecule has 4 heteroatoms. The first-order valence-electron chi connectivity index (χ1n) is 11.4. The lowest BCUT2D eigenvalue weighted by Gasteiger charge is -2.34. The fourth-order valence-corrected chi connectivity index (χ4v) is 4.73. The number of hydrogen-bond donors (Lipinski definition) is 2. The van der Waals surface area contributed by atoms with Gasteiger partial charge in [0.1, 0.15) is 5.76 Å². The summed E-state index contributed by atoms with van der Waals surface area (Å²) >= 11 is 0. The maximum absolute atomic E-state index is 6.30. The van der Waals surface area contributed by atoms with E-state index in [4.69, 9.17) is 9.47 Å². The fraction of sp³-hybridized carbons (Fsp3) is 0.286. The second kappa shape index (κ2) is 9.60. The van der Waals surface area contributed by atoms with Gasteiger partial charge in [-0.05, 0) is 59.8 Å². The third kappa shape index (κ3) is 4.57. The molecule has 0 amide bonds. The van der Waals surface area contributed by atoms with Crippen LogP contribution >= 0.6 is 0 Å². The lowest BCUT2D eigenvalue weighted by atomic mass is 9.92. The summed E-state index contributed by atoms with van der Waals surface area (Å²) in [7, 11) is 1.69. The van der Waals surface area contributed by atoms with Crippen LogP contribution in [0.3, 0.4) is 0 Å². The highest BCUT2D eigenvalue weighted by atomic mass is 16.5. The Labute approximate surface area is 190 Å². The third-order valence-electron chi connectivity index (χ3n) is 6.39. The SMILES string of the molecule is COc1ccc(CNC2CCCNC2c2ccccc2)cc1OC1=Cc2ccccc2C1. The van der Waals surface area contributed by atoms with Crippen LogP contribution in [-0.2, 0) is 13.0 Å². The number of ether oxygens (including phenoxy) is 2. The van der Waals surface area contributed by atoms with Crippen molar-refractivity contribution >= 4 is 6.08 Å². The molecule has 5 rings (SSSR count). The molecular weight excluding hydrogens is 396 g/mol. The van der Waals surface area contributed by atoms with Crippen LogP contribution in [0.25, 0.3) is 6.08 Å². The minimum Gasteiger partial charge on any atom is -0.493 e. The van der Waals surface area contributed by atoms with Crippen LogP contribution in [0.15, 0.2) is 78.6 Å². The van der Waals surface area contributed by atoms with Crippen molar-refractivity contribution in [3.63, 3.8) is 0 Å². The Balaban J connectivity index is 1.28. The Morgan fingerprint density at radius 3 is 2.66 bits per heavy atom. The summed E-state index contributed by atoms with van der Waals surface area (Å²) in [6.45, 7) is 1.85. The molecule has 2 aliphatic rings. The molecule has 3 aromatic carbocycles. The Bertz CT molecular complexity index is 1090. The van der Waals surface area contributed by atoms with Crippen LogP contribution in [0, 0.1) is 0 Å². The van der Waals surface area contributed by atoms with Crippen LogP contribution < -0.4 is 20.1 Å². The van der Waals surface area contributed by atoms with E-state index in [9.17, 15) is 0 Å². The highest BCUT2D eigenvalue weighted by Gasteiger charge is 2.25. The van der Waals surface area contributed by atoms with E-state index in [0.717, 1.165) is 43.2 Å². The van der Waals surface area contributed by atoms with E-state index in [1.54, 1.807) is 7.11 Å². The molecule has 0 radical (unpaired) electrons. The summed E-state index contributed by atoms with van der Waals surface area (Å²) in [6.07, 6.45) is 5.29. The Morgan fingerprint density at radius 1 is 0.969 bits per heavy atom. The van der Waals surface area contributed by atoms with Crippen LogP contribution in [0.2, 0.25) is 0 Å². The summed E-state index contributed by atoms with van der Waals surface area (Å²) in [5.41, 5.74) is 5.07. The molecule has 1 heterocycles. The monoisotopic (exact) mass is 426 g/mol. The number of piperidine rings is 1. The van der Waals surface area contributed by atoms with E-state index in [-0.39, 0.29) is 0 Å². The smallest absolute Gasteiger partial charge is 0.169 e. The maximum atomic E-state index is 6.30. The number of rotatable bonds is 7. The molecule has 1 saturated heterocycles. The Kier molecular flexibility index (Phi) is 6.24. The number of fused-ring (bicyclic) bond motifs is 1. The number of hydrogen-bond acceptors (Lipinski definition) is 4. The van der Waals surface area contributed by atoms with Crippen molar-refractivity contribution in [2.45, 2.75) is 37.9 Å². The first-order valence-corrected chi connectivity index (χ1v) is 11.4. The minimum absolute atomic E-state index is 0.334. The summed E-state index contributed by atoms with van der Waals surface area (Å²) in [6, 6.07) is 26.1. The van der Waals surface area contributed by atoms with Gasteiger partial charge in [0.2, 0.25) is 0 Å². The van der Waals surface area contributed by atoms with E-state index in [1.807, 2.05) is 6.07 Å². The molecule has 2 unspecified atom stereocenters. The molecule has 2 atom stereocenters. The second-order valence-electron chi connectivity index (χ2n) is 8.55. The van der Waals surface area contributed by atoms with Crippen LogP contribution in [0.5, 0.6) is 11.5 Å². The van der Waals surface area contributed by atoms with Gasteiger partial charge in [0.25, 0.3) is 0 Å². The van der Waals surface area contributed by atoms with Gasteiger partial charge < -0.3 is 20.1 Å². The molecule has 0 aromatic heterocycles. The van der Waals surface area contributed by atoms with E-state index in [2.05, 4.69) is 83.4 Å². The zero-order chi connectivity index (χ0) is 21.8. The highest BCUT2D eigenvalue weighted by molar-refractivity contribution is 5.63. The van der Waals surface area contributed by atoms with E-state index >= 15 is 0 Å². The average molecular weight is 427 g/mol. The van der Waals surface area contributed by atoms with Crippen molar-refractivity contribution in [3.8, 4) is 11.5 Å². The minimum atomic E-state index is 0.334. The first kappa shape index (κ1) is 20.8. The van der Waals surface area contributed by atoms with Crippen molar-refractivity contribution in [1.82, 2.24) is 10.6 Å². The Hall–Kier alpha value is -3.08. The van der Waals surface area contributed by atoms with Gasteiger partial charge in [0.05, 0.1) is 7.11 Å². The van der Waals surface area contributed by atoms with E-state index in [0.29, 0.717) is 12.1 Å².